The van der Waals surface area contributed by atoms with Crippen LogP contribution in [0.2, 0.25) is 0 Å². The van der Waals surface area contributed by atoms with E-state index in [2.05, 4.69) is 16.0 Å². The van der Waals surface area contributed by atoms with E-state index in [1.165, 1.54) is 6.26 Å². The number of rotatable bonds is 6. The Morgan fingerprint density at radius 2 is 2.04 bits per heavy atom. The highest BCUT2D eigenvalue weighted by atomic mass is 16.4. The summed E-state index contributed by atoms with van der Waals surface area (Å²) in [6, 6.07) is 7.89. The van der Waals surface area contributed by atoms with Crippen molar-refractivity contribution in [1.82, 2.24) is 10.6 Å². The van der Waals surface area contributed by atoms with Gasteiger partial charge in [0, 0.05) is 17.8 Å². The maximum Gasteiger partial charge on any atom is 0.319 e. The molecule has 0 radical (unpaired) electrons. The zero-order valence-electron chi connectivity index (χ0n) is 13.6. The molecule has 2 rings (SSSR count). The molecule has 0 fully saturated rings. The number of furan rings is 1. The third-order valence-corrected chi connectivity index (χ3v) is 3.41. The minimum absolute atomic E-state index is 0.00834. The van der Waals surface area contributed by atoms with Crippen LogP contribution in [-0.2, 0) is 0 Å². The molecule has 1 aromatic carbocycles. The number of benzene rings is 1. The van der Waals surface area contributed by atoms with Crippen LogP contribution in [0.25, 0.3) is 0 Å². The molecule has 1 atom stereocenters. The van der Waals surface area contributed by atoms with Crippen molar-refractivity contribution < 1.29 is 19.1 Å². The van der Waals surface area contributed by atoms with Crippen LogP contribution in [0.5, 0.6) is 0 Å². The SMILES string of the molecule is CCNC(=O)c1ccc(C)c(NC(=O)NCC(O)c2ccco2)c1. The summed E-state index contributed by atoms with van der Waals surface area (Å²) in [5.74, 6) is 0.180. The number of aliphatic hydroxyl groups excluding tert-OH is 1. The van der Waals surface area contributed by atoms with Crippen LogP contribution < -0.4 is 16.0 Å². The molecule has 0 spiro atoms. The maximum atomic E-state index is 12.0. The number of carbonyl (C=O) groups is 2. The van der Waals surface area contributed by atoms with Crippen molar-refractivity contribution >= 4 is 17.6 Å². The van der Waals surface area contributed by atoms with Gasteiger partial charge >= 0.3 is 6.03 Å². The summed E-state index contributed by atoms with van der Waals surface area (Å²) in [5, 5.41) is 17.8. The number of hydrogen-bond acceptors (Lipinski definition) is 4. The molecular weight excluding hydrogens is 310 g/mol. The second-order valence-corrected chi connectivity index (χ2v) is 5.26. The van der Waals surface area contributed by atoms with Gasteiger partial charge in [-0.25, -0.2) is 4.79 Å². The first-order valence-electron chi connectivity index (χ1n) is 7.66. The fourth-order valence-corrected chi connectivity index (χ4v) is 2.10. The Morgan fingerprint density at radius 3 is 2.71 bits per heavy atom. The van der Waals surface area contributed by atoms with Crippen molar-refractivity contribution in [2.75, 3.05) is 18.4 Å². The smallest absolute Gasteiger partial charge is 0.319 e. The van der Waals surface area contributed by atoms with Gasteiger partial charge in [0.15, 0.2) is 0 Å². The van der Waals surface area contributed by atoms with Crippen molar-refractivity contribution in [3.63, 3.8) is 0 Å². The summed E-state index contributed by atoms with van der Waals surface area (Å²) in [7, 11) is 0. The van der Waals surface area contributed by atoms with Crippen molar-refractivity contribution in [2.24, 2.45) is 0 Å². The molecule has 0 aliphatic rings. The lowest BCUT2D eigenvalue weighted by Gasteiger charge is -2.13. The molecular formula is C17H21N3O4. The zero-order chi connectivity index (χ0) is 17.5. The molecule has 4 N–H and O–H groups in total. The fourth-order valence-electron chi connectivity index (χ4n) is 2.10. The van der Waals surface area contributed by atoms with Crippen molar-refractivity contribution in [2.45, 2.75) is 20.0 Å². The van der Waals surface area contributed by atoms with Crippen molar-refractivity contribution in [3.8, 4) is 0 Å². The monoisotopic (exact) mass is 331 g/mol. The van der Waals surface area contributed by atoms with E-state index in [-0.39, 0.29) is 12.5 Å². The number of hydrogen-bond donors (Lipinski definition) is 4. The van der Waals surface area contributed by atoms with E-state index >= 15 is 0 Å². The molecule has 0 bridgehead atoms. The molecule has 1 heterocycles. The molecule has 1 aromatic heterocycles. The molecule has 7 nitrogen and oxygen atoms in total. The molecule has 128 valence electrons. The Morgan fingerprint density at radius 1 is 1.25 bits per heavy atom. The van der Waals surface area contributed by atoms with E-state index in [1.807, 2.05) is 13.8 Å². The normalized spacial score (nSPS) is 11.6. The minimum atomic E-state index is -0.923. The molecule has 24 heavy (non-hydrogen) atoms. The third kappa shape index (κ3) is 4.60. The van der Waals surface area contributed by atoms with Crippen molar-refractivity contribution in [1.29, 1.82) is 0 Å². The van der Waals surface area contributed by atoms with Gasteiger partial charge in [-0.05, 0) is 43.7 Å². The van der Waals surface area contributed by atoms with Crippen LogP contribution in [0, 0.1) is 6.92 Å². The topological polar surface area (TPSA) is 104 Å². The van der Waals surface area contributed by atoms with E-state index in [4.69, 9.17) is 4.42 Å². The van der Waals surface area contributed by atoms with Gasteiger partial charge in [0.2, 0.25) is 0 Å². The fraction of sp³-hybridized carbons (Fsp3) is 0.294. The molecule has 1 unspecified atom stereocenters. The van der Waals surface area contributed by atoms with E-state index in [9.17, 15) is 14.7 Å². The lowest BCUT2D eigenvalue weighted by atomic mass is 10.1. The summed E-state index contributed by atoms with van der Waals surface area (Å²) in [4.78, 5) is 23.8. The molecule has 7 heteroatoms. The summed E-state index contributed by atoms with van der Waals surface area (Å²) in [5.41, 5.74) is 1.82. The Hall–Kier alpha value is -2.80. The van der Waals surface area contributed by atoms with Crippen LogP contribution in [0.15, 0.2) is 41.0 Å². The molecule has 0 aliphatic heterocycles. The predicted molar refractivity (Wildman–Crippen MR) is 89.9 cm³/mol. The number of nitrogens with one attached hydrogen (secondary N) is 3. The van der Waals surface area contributed by atoms with E-state index in [0.29, 0.717) is 23.6 Å². The van der Waals surface area contributed by atoms with Gasteiger partial charge in [-0.15, -0.1) is 0 Å². The summed E-state index contributed by atoms with van der Waals surface area (Å²) >= 11 is 0. The average Bonchev–Trinajstić information content (AvgIpc) is 3.09. The number of urea groups is 1. The van der Waals surface area contributed by atoms with Gasteiger partial charge in [-0.3, -0.25) is 4.79 Å². The van der Waals surface area contributed by atoms with E-state index < -0.39 is 12.1 Å². The standard InChI is InChI=1S/C17H21N3O4/c1-3-18-16(22)12-7-6-11(2)13(9-12)20-17(23)19-10-14(21)15-5-4-8-24-15/h4-9,14,21H,3,10H2,1-2H3,(H,18,22)(H2,19,20,23). The number of amides is 3. The van der Waals surface area contributed by atoms with Crippen LogP contribution in [0.1, 0.15) is 34.7 Å². The third-order valence-electron chi connectivity index (χ3n) is 3.41. The van der Waals surface area contributed by atoms with E-state index in [1.54, 1.807) is 30.3 Å². The van der Waals surface area contributed by atoms with Gasteiger partial charge in [0.05, 0.1) is 12.8 Å². The van der Waals surface area contributed by atoms with Gasteiger partial charge in [-0.1, -0.05) is 6.07 Å². The highest BCUT2D eigenvalue weighted by Crippen LogP contribution is 2.17. The second kappa shape index (κ2) is 8.16. The van der Waals surface area contributed by atoms with Crippen LogP contribution >= 0.6 is 0 Å². The molecule has 2 aromatic rings. The predicted octanol–water partition coefficient (Wildman–Crippen LogP) is 2.19. The largest absolute Gasteiger partial charge is 0.467 e. The maximum absolute atomic E-state index is 12.0. The van der Waals surface area contributed by atoms with Crippen molar-refractivity contribution in [3.05, 3.63) is 53.5 Å². The number of carbonyl (C=O) groups excluding carboxylic acids is 2. The van der Waals surface area contributed by atoms with E-state index in [0.717, 1.165) is 5.56 Å². The summed E-state index contributed by atoms with van der Waals surface area (Å²) < 4.78 is 5.06. The summed E-state index contributed by atoms with van der Waals surface area (Å²) in [6.45, 7) is 4.20. The van der Waals surface area contributed by atoms with Gasteiger partial charge in [0.25, 0.3) is 5.91 Å². The average molecular weight is 331 g/mol. The minimum Gasteiger partial charge on any atom is -0.467 e. The molecule has 0 saturated carbocycles. The highest BCUT2D eigenvalue weighted by molar-refractivity contribution is 5.97. The van der Waals surface area contributed by atoms with Gasteiger partial charge in [0.1, 0.15) is 11.9 Å². The van der Waals surface area contributed by atoms with Gasteiger partial charge in [-0.2, -0.15) is 0 Å². The lowest BCUT2D eigenvalue weighted by molar-refractivity contribution is 0.0956. The number of aryl methyl sites for hydroxylation is 1. The van der Waals surface area contributed by atoms with Crippen LogP contribution in [0.4, 0.5) is 10.5 Å². The molecule has 0 aliphatic carbocycles. The zero-order valence-corrected chi connectivity index (χ0v) is 13.6. The highest BCUT2D eigenvalue weighted by Gasteiger charge is 2.13. The quantitative estimate of drug-likeness (QED) is 0.651. The summed E-state index contributed by atoms with van der Waals surface area (Å²) in [6.07, 6.45) is 0.531. The second-order valence-electron chi connectivity index (χ2n) is 5.26. The first-order chi connectivity index (χ1) is 11.5. The molecule has 0 saturated heterocycles. The van der Waals surface area contributed by atoms with Crippen LogP contribution in [-0.4, -0.2) is 30.1 Å². The Balaban J connectivity index is 1.95. The first kappa shape index (κ1) is 17.6. The number of aliphatic hydroxyl groups is 1. The Labute approximate surface area is 140 Å². The lowest BCUT2D eigenvalue weighted by Crippen LogP contribution is -2.32. The van der Waals surface area contributed by atoms with Gasteiger partial charge < -0.3 is 25.5 Å². The van der Waals surface area contributed by atoms with Crippen LogP contribution in [0.3, 0.4) is 0 Å². The molecule has 3 amide bonds. The Bertz CT molecular complexity index is 698. The Kier molecular flexibility index (Phi) is 5.97. The first-order valence-corrected chi connectivity index (χ1v) is 7.66. The number of anilines is 1.